The van der Waals surface area contributed by atoms with Crippen LogP contribution in [0.4, 0.5) is 0 Å². The molecular weight excluding hydrogens is 656 g/mol. The van der Waals surface area contributed by atoms with E-state index in [0.29, 0.717) is 42.1 Å². The number of aliphatic hydroxyl groups is 3. The van der Waals surface area contributed by atoms with Crippen molar-refractivity contribution in [2.75, 3.05) is 21.3 Å². The molecule has 3 fully saturated rings. The van der Waals surface area contributed by atoms with Crippen molar-refractivity contribution in [3.05, 3.63) is 47.1 Å². The summed E-state index contributed by atoms with van der Waals surface area (Å²) in [7, 11) is 4.55. The van der Waals surface area contributed by atoms with Crippen molar-refractivity contribution in [1.82, 2.24) is 0 Å². The van der Waals surface area contributed by atoms with E-state index in [1.54, 1.807) is 25.1 Å². The fraction of sp³-hybridized carbons (Fsp3) is 0.625. The average Bonchev–Trinajstić information content (AvgIpc) is 3.32. The van der Waals surface area contributed by atoms with Crippen molar-refractivity contribution in [1.29, 1.82) is 0 Å². The van der Waals surface area contributed by atoms with Crippen LogP contribution >= 0.6 is 0 Å². The number of ketones is 1. The molecule has 1 aromatic rings. The molecule has 4 aliphatic rings. The molecule has 0 aromatic heterocycles. The Morgan fingerprint density at radius 1 is 0.902 bits per heavy atom. The maximum absolute atomic E-state index is 13.3. The monoisotopic (exact) mass is 710 g/mol. The zero-order chi connectivity index (χ0) is 37.7. The summed E-state index contributed by atoms with van der Waals surface area (Å²) in [4.78, 5) is 39.4. The number of esters is 2. The Morgan fingerprint density at radius 2 is 1.55 bits per heavy atom. The van der Waals surface area contributed by atoms with Gasteiger partial charge in [-0.3, -0.25) is 4.79 Å². The molecule has 0 aliphatic heterocycles. The molecule has 0 bridgehead atoms. The third-order valence-corrected chi connectivity index (χ3v) is 13.0. The maximum atomic E-state index is 13.3. The Labute approximate surface area is 300 Å². The van der Waals surface area contributed by atoms with Gasteiger partial charge in [0.05, 0.1) is 26.7 Å². The summed E-state index contributed by atoms with van der Waals surface area (Å²) in [6.45, 7) is 10.6. The van der Waals surface area contributed by atoms with Gasteiger partial charge < -0.3 is 39.0 Å². The standard InChI is InChI=1S/C40H54O11/c1-23(2)24(3)18-34(43)51-32-22-31-36(5)14-13-28(50-33(42)11-10-26-19-29(47-7)35(49-9)30(20-26)48-8)21-27(36)12-15-39(31,45)40(46)17-16-38(44,25(4)41)37(32,40)6/h10-12,18-20,23,28,31-32,44-46H,13-17,21-22H2,1-9H3/b11-10+,24-18+/t28-,31+,32+,36-,37+,38+,39-,40+/m0/s1. The fourth-order valence-electron chi connectivity index (χ4n) is 9.55. The molecule has 0 spiro atoms. The molecule has 3 saturated carbocycles. The van der Waals surface area contributed by atoms with Crippen LogP contribution in [-0.4, -0.2) is 83.4 Å². The van der Waals surface area contributed by atoms with E-state index in [2.05, 4.69) is 0 Å². The molecule has 1 aromatic carbocycles. The van der Waals surface area contributed by atoms with Crippen LogP contribution in [0.15, 0.2) is 41.5 Å². The number of benzene rings is 1. The Bertz CT molecular complexity index is 1630. The number of rotatable bonds is 10. The van der Waals surface area contributed by atoms with Gasteiger partial charge in [0.2, 0.25) is 5.75 Å². The summed E-state index contributed by atoms with van der Waals surface area (Å²) in [6, 6.07) is 3.45. The normalized spacial score (nSPS) is 36.1. The Morgan fingerprint density at radius 3 is 2.12 bits per heavy atom. The van der Waals surface area contributed by atoms with E-state index < -0.39 is 63.5 Å². The summed E-state index contributed by atoms with van der Waals surface area (Å²) in [5, 5.41) is 37.3. The van der Waals surface area contributed by atoms with Gasteiger partial charge in [0.1, 0.15) is 29.0 Å². The number of hydrogen-bond acceptors (Lipinski definition) is 11. The highest BCUT2D eigenvalue weighted by Gasteiger charge is 2.81. The lowest BCUT2D eigenvalue weighted by molar-refractivity contribution is -0.314. The van der Waals surface area contributed by atoms with Gasteiger partial charge in [-0.05, 0) is 94.4 Å². The fourth-order valence-corrected chi connectivity index (χ4v) is 9.55. The van der Waals surface area contributed by atoms with Crippen LogP contribution in [0.2, 0.25) is 0 Å². The minimum atomic E-state index is -2.02. The third kappa shape index (κ3) is 5.99. The first-order valence-corrected chi connectivity index (χ1v) is 17.8. The molecule has 280 valence electrons. The number of fused-ring (bicyclic) bond motifs is 5. The quantitative estimate of drug-likeness (QED) is 0.165. The molecule has 0 amide bonds. The van der Waals surface area contributed by atoms with Crippen LogP contribution in [0.5, 0.6) is 17.2 Å². The van der Waals surface area contributed by atoms with Gasteiger partial charge in [-0.15, -0.1) is 0 Å². The van der Waals surface area contributed by atoms with Crippen molar-refractivity contribution < 1.29 is 53.4 Å². The molecule has 51 heavy (non-hydrogen) atoms. The van der Waals surface area contributed by atoms with Crippen molar-refractivity contribution in [3.8, 4) is 17.2 Å². The smallest absolute Gasteiger partial charge is 0.331 e. The minimum absolute atomic E-state index is 0.0424. The second-order valence-electron chi connectivity index (χ2n) is 15.6. The second kappa shape index (κ2) is 13.7. The molecule has 0 saturated heterocycles. The molecule has 11 nitrogen and oxygen atoms in total. The number of allylic oxidation sites excluding steroid dienone is 1. The SMILES string of the molecule is COc1cc(/C=C/C(=O)O[C@H]2CC[C@@]3(C)C(=CC[C@]4(O)[C@@H]3C[C@@H](OC(=O)/C=C(\C)C(C)C)[C@@]3(C)[C@]4(O)CC[C@@]3(O)C(C)=O)C2)cc(OC)c1OC. The Kier molecular flexibility index (Phi) is 10.4. The van der Waals surface area contributed by atoms with E-state index in [4.69, 9.17) is 23.7 Å². The number of carbonyl (C=O) groups excluding carboxylic acids is 3. The zero-order valence-corrected chi connectivity index (χ0v) is 31.3. The first kappa shape index (κ1) is 38.6. The van der Waals surface area contributed by atoms with Crippen LogP contribution in [0.25, 0.3) is 6.08 Å². The highest BCUT2D eigenvalue weighted by Crippen LogP contribution is 2.71. The van der Waals surface area contributed by atoms with Crippen LogP contribution in [0.3, 0.4) is 0 Å². The summed E-state index contributed by atoms with van der Waals surface area (Å²) in [6.07, 6.45) is 6.35. The first-order valence-electron chi connectivity index (χ1n) is 17.8. The van der Waals surface area contributed by atoms with Gasteiger partial charge in [0.25, 0.3) is 0 Å². The second-order valence-corrected chi connectivity index (χ2v) is 15.6. The van der Waals surface area contributed by atoms with Gasteiger partial charge >= 0.3 is 11.9 Å². The summed E-state index contributed by atoms with van der Waals surface area (Å²) in [5.41, 5.74) is -5.56. The maximum Gasteiger partial charge on any atom is 0.331 e. The molecule has 11 heteroatoms. The van der Waals surface area contributed by atoms with Gasteiger partial charge in [0.15, 0.2) is 17.3 Å². The van der Waals surface area contributed by atoms with Gasteiger partial charge in [-0.2, -0.15) is 0 Å². The lowest BCUT2D eigenvalue weighted by atomic mass is 9.42. The molecule has 0 unspecified atom stereocenters. The predicted octanol–water partition coefficient (Wildman–Crippen LogP) is 5.27. The van der Waals surface area contributed by atoms with Gasteiger partial charge in [-0.1, -0.05) is 38.0 Å². The van der Waals surface area contributed by atoms with Crippen molar-refractivity contribution in [2.45, 2.75) is 115 Å². The number of methoxy groups -OCH3 is 3. The van der Waals surface area contributed by atoms with Crippen molar-refractivity contribution in [3.63, 3.8) is 0 Å². The average molecular weight is 711 g/mol. The van der Waals surface area contributed by atoms with E-state index in [1.165, 1.54) is 40.4 Å². The van der Waals surface area contributed by atoms with Gasteiger partial charge in [-0.25, -0.2) is 9.59 Å². The van der Waals surface area contributed by atoms with Crippen LogP contribution in [0.1, 0.15) is 92.1 Å². The highest BCUT2D eigenvalue weighted by atomic mass is 16.6. The van der Waals surface area contributed by atoms with E-state index in [1.807, 2.05) is 33.8 Å². The van der Waals surface area contributed by atoms with E-state index >= 15 is 0 Å². The predicted molar refractivity (Wildman–Crippen MR) is 189 cm³/mol. The van der Waals surface area contributed by atoms with E-state index in [0.717, 1.165) is 11.1 Å². The lowest BCUT2D eigenvalue weighted by Gasteiger charge is -2.67. The van der Waals surface area contributed by atoms with Gasteiger partial charge in [0, 0.05) is 24.5 Å². The van der Waals surface area contributed by atoms with E-state index in [-0.39, 0.29) is 31.6 Å². The van der Waals surface area contributed by atoms with Crippen LogP contribution in [-0.2, 0) is 23.9 Å². The Balaban J connectivity index is 1.41. The summed E-state index contributed by atoms with van der Waals surface area (Å²) >= 11 is 0. The van der Waals surface area contributed by atoms with Crippen LogP contribution < -0.4 is 14.2 Å². The topological polar surface area (TPSA) is 158 Å². The molecule has 8 atom stereocenters. The Hall–Kier alpha value is -3.67. The lowest BCUT2D eigenvalue weighted by Crippen LogP contribution is -2.78. The largest absolute Gasteiger partial charge is 0.493 e. The summed E-state index contributed by atoms with van der Waals surface area (Å²) in [5.74, 6) is -0.810. The molecule has 5 rings (SSSR count). The number of ether oxygens (including phenoxy) is 5. The zero-order valence-electron chi connectivity index (χ0n) is 31.3. The van der Waals surface area contributed by atoms with E-state index in [9.17, 15) is 29.7 Å². The summed E-state index contributed by atoms with van der Waals surface area (Å²) < 4.78 is 28.2. The number of carbonyl (C=O) groups is 3. The third-order valence-electron chi connectivity index (χ3n) is 13.0. The molecule has 0 heterocycles. The molecular formula is C40H54O11. The number of hydrogen-bond donors (Lipinski definition) is 3. The highest BCUT2D eigenvalue weighted by molar-refractivity contribution is 5.88. The van der Waals surface area contributed by atoms with Crippen LogP contribution in [0, 0.1) is 22.7 Å². The molecule has 0 radical (unpaired) electrons. The molecule has 4 aliphatic carbocycles. The van der Waals surface area contributed by atoms with Crippen molar-refractivity contribution >= 4 is 23.8 Å². The molecule has 3 N–H and O–H groups in total. The van der Waals surface area contributed by atoms with Crippen molar-refractivity contribution in [2.24, 2.45) is 22.7 Å². The minimum Gasteiger partial charge on any atom is -0.493 e. The first-order chi connectivity index (χ1) is 23.8. The number of Topliss-reactive ketones (excluding diaryl/α,β-unsaturated/α-hetero) is 1.